The third-order valence-electron chi connectivity index (χ3n) is 5.11. The molecule has 2 fully saturated rings. The van der Waals surface area contributed by atoms with E-state index in [1.165, 1.54) is 0 Å². The lowest BCUT2D eigenvalue weighted by Crippen LogP contribution is -2.66. The quantitative estimate of drug-likeness (QED) is 0.860. The molecule has 1 aromatic rings. The Morgan fingerprint density at radius 1 is 1.30 bits per heavy atom. The van der Waals surface area contributed by atoms with Crippen LogP contribution in [0.3, 0.4) is 0 Å². The number of benzene rings is 1. The molecule has 0 radical (unpaired) electrons. The van der Waals surface area contributed by atoms with Gasteiger partial charge >= 0.3 is 0 Å². The number of likely N-dealkylation sites (tertiary alicyclic amines) is 1. The van der Waals surface area contributed by atoms with E-state index in [9.17, 15) is 8.42 Å². The number of nitrogens with one attached hydrogen (secondary N) is 1. The predicted octanol–water partition coefficient (Wildman–Crippen LogP) is 1.85. The van der Waals surface area contributed by atoms with Crippen molar-refractivity contribution in [3.8, 4) is 0 Å². The maximum Gasteiger partial charge on any atom is 0.240 e. The average Bonchev–Trinajstić information content (AvgIpc) is 2.90. The molecule has 0 bridgehead atoms. The van der Waals surface area contributed by atoms with Crippen LogP contribution in [0.15, 0.2) is 35.2 Å². The Kier molecular flexibility index (Phi) is 4.78. The minimum absolute atomic E-state index is 0.0392. The molecule has 2 aliphatic rings. The van der Waals surface area contributed by atoms with E-state index in [0.29, 0.717) is 23.4 Å². The van der Waals surface area contributed by atoms with E-state index >= 15 is 0 Å². The minimum atomic E-state index is -3.40. The second kappa shape index (κ2) is 6.51. The highest BCUT2D eigenvalue weighted by Crippen LogP contribution is 2.42. The summed E-state index contributed by atoms with van der Waals surface area (Å²) in [5.74, 6) is 0.441. The Morgan fingerprint density at radius 2 is 2.00 bits per heavy atom. The van der Waals surface area contributed by atoms with Gasteiger partial charge < -0.3 is 4.74 Å². The van der Waals surface area contributed by atoms with Crippen LogP contribution in [0.1, 0.15) is 26.7 Å². The van der Waals surface area contributed by atoms with Crippen molar-refractivity contribution >= 4 is 10.0 Å². The highest BCUT2D eigenvalue weighted by atomic mass is 32.2. The Labute approximate surface area is 139 Å². The third kappa shape index (κ3) is 3.45. The summed E-state index contributed by atoms with van der Waals surface area (Å²) in [5.41, 5.74) is -0.0392. The summed E-state index contributed by atoms with van der Waals surface area (Å²) >= 11 is 0. The lowest BCUT2D eigenvalue weighted by atomic mass is 9.78. The maximum atomic E-state index is 12.2. The van der Waals surface area contributed by atoms with Gasteiger partial charge in [-0.1, -0.05) is 18.2 Å². The van der Waals surface area contributed by atoms with Gasteiger partial charge in [0.05, 0.1) is 10.5 Å². The molecule has 2 aliphatic heterocycles. The van der Waals surface area contributed by atoms with Gasteiger partial charge in [0.2, 0.25) is 10.0 Å². The monoisotopic (exact) mass is 338 g/mol. The van der Waals surface area contributed by atoms with Gasteiger partial charge in [0.1, 0.15) is 0 Å². The molecular formula is C17H26N2O3S. The molecule has 0 aromatic heterocycles. The van der Waals surface area contributed by atoms with Gasteiger partial charge in [-0.2, -0.15) is 0 Å². The summed E-state index contributed by atoms with van der Waals surface area (Å²) in [4.78, 5) is 2.74. The second-order valence-electron chi connectivity index (χ2n) is 6.90. The van der Waals surface area contributed by atoms with Crippen molar-refractivity contribution in [2.24, 2.45) is 5.92 Å². The van der Waals surface area contributed by atoms with E-state index < -0.39 is 10.0 Å². The number of hydrogen-bond donors (Lipinski definition) is 1. The molecule has 1 spiro atoms. The first-order valence-corrected chi connectivity index (χ1v) is 9.84. The van der Waals surface area contributed by atoms with Crippen LogP contribution in [0, 0.1) is 5.92 Å². The molecule has 2 saturated heterocycles. The standard InChI is InChI=1S/C17H26N2O3S/c1-14(2)19-12-17(13-19)15(9-11-22-17)8-10-18-23(20,21)16-6-4-3-5-7-16/h3-7,14-15,18H,8-13H2,1-2H3. The van der Waals surface area contributed by atoms with Crippen LogP contribution < -0.4 is 4.72 Å². The highest BCUT2D eigenvalue weighted by molar-refractivity contribution is 7.89. The summed E-state index contributed by atoms with van der Waals surface area (Å²) < 4.78 is 33.2. The average molecular weight is 338 g/mol. The van der Waals surface area contributed by atoms with Crippen LogP contribution in [-0.4, -0.2) is 51.2 Å². The third-order valence-corrected chi connectivity index (χ3v) is 6.59. The van der Waals surface area contributed by atoms with Crippen LogP contribution in [0.25, 0.3) is 0 Å². The summed E-state index contributed by atoms with van der Waals surface area (Å²) in [6, 6.07) is 9.08. The fourth-order valence-electron chi connectivity index (χ4n) is 3.60. The number of nitrogens with zero attached hydrogens (tertiary/aromatic N) is 1. The van der Waals surface area contributed by atoms with Crippen molar-refractivity contribution in [3.63, 3.8) is 0 Å². The SMILES string of the molecule is CC(C)N1CC2(C1)OCCC2CCNS(=O)(=O)c1ccccc1. The topological polar surface area (TPSA) is 58.6 Å². The smallest absolute Gasteiger partial charge is 0.240 e. The number of ether oxygens (including phenoxy) is 1. The molecule has 2 heterocycles. The van der Waals surface area contributed by atoms with Gasteiger partial charge in [-0.05, 0) is 44.7 Å². The van der Waals surface area contributed by atoms with Crippen molar-refractivity contribution in [3.05, 3.63) is 30.3 Å². The van der Waals surface area contributed by atoms with E-state index in [1.54, 1.807) is 24.3 Å². The first-order chi connectivity index (χ1) is 10.9. The van der Waals surface area contributed by atoms with Crippen molar-refractivity contribution in [1.29, 1.82) is 0 Å². The van der Waals surface area contributed by atoms with Crippen LogP contribution >= 0.6 is 0 Å². The van der Waals surface area contributed by atoms with Crippen molar-refractivity contribution < 1.29 is 13.2 Å². The zero-order valence-electron chi connectivity index (χ0n) is 13.9. The fraction of sp³-hybridized carbons (Fsp3) is 0.647. The molecule has 1 N–H and O–H groups in total. The molecule has 128 valence electrons. The minimum Gasteiger partial charge on any atom is -0.372 e. The van der Waals surface area contributed by atoms with Crippen LogP contribution in [-0.2, 0) is 14.8 Å². The molecule has 6 heteroatoms. The first-order valence-electron chi connectivity index (χ1n) is 8.36. The largest absolute Gasteiger partial charge is 0.372 e. The molecule has 1 atom stereocenters. The van der Waals surface area contributed by atoms with E-state index in [1.807, 2.05) is 6.07 Å². The van der Waals surface area contributed by atoms with Crippen molar-refractivity contribution in [2.75, 3.05) is 26.2 Å². The highest BCUT2D eigenvalue weighted by Gasteiger charge is 2.52. The van der Waals surface area contributed by atoms with Gasteiger partial charge in [0.25, 0.3) is 0 Å². The van der Waals surface area contributed by atoms with Crippen LogP contribution in [0.5, 0.6) is 0 Å². The summed E-state index contributed by atoms with van der Waals surface area (Å²) in [7, 11) is -3.40. The lowest BCUT2D eigenvalue weighted by Gasteiger charge is -2.52. The molecule has 23 heavy (non-hydrogen) atoms. The molecule has 5 nitrogen and oxygen atoms in total. The second-order valence-corrected chi connectivity index (χ2v) is 8.66. The van der Waals surface area contributed by atoms with Crippen molar-refractivity contribution in [2.45, 2.75) is 43.2 Å². The molecular weight excluding hydrogens is 312 g/mol. The summed E-state index contributed by atoms with van der Waals surface area (Å²) in [6.45, 7) is 7.61. The van der Waals surface area contributed by atoms with E-state index in [0.717, 1.165) is 32.5 Å². The molecule has 1 unspecified atom stereocenters. The maximum absolute atomic E-state index is 12.2. The van der Waals surface area contributed by atoms with Gasteiger partial charge in [0.15, 0.2) is 0 Å². The van der Waals surface area contributed by atoms with Gasteiger partial charge in [-0.3, -0.25) is 4.90 Å². The van der Waals surface area contributed by atoms with Crippen LogP contribution in [0.2, 0.25) is 0 Å². The number of rotatable bonds is 6. The molecule has 0 aliphatic carbocycles. The van der Waals surface area contributed by atoms with Crippen LogP contribution in [0.4, 0.5) is 0 Å². The normalized spacial score (nSPS) is 24.2. The van der Waals surface area contributed by atoms with Gasteiger partial charge in [0, 0.05) is 32.3 Å². The van der Waals surface area contributed by atoms with E-state index in [4.69, 9.17) is 4.74 Å². The molecule has 3 rings (SSSR count). The van der Waals surface area contributed by atoms with E-state index in [2.05, 4.69) is 23.5 Å². The molecule has 0 amide bonds. The molecule has 1 aromatic carbocycles. The Bertz CT molecular complexity index is 624. The number of sulfonamides is 1. The number of hydrogen-bond acceptors (Lipinski definition) is 4. The first kappa shape index (κ1) is 16.9. The Hall–Kier alpha value is -0.950. The van der Waals surface area contributed by atoms with E-state index in [-0.39, 0.29) is 5.60 Å². The predicted molar refractivity (Wildman–Crippen MR) is 89.7 cm³/mol. The van der Waals surface area contributed by atoms with Gasteiger partial charge in [-0.25, -0.2) is 13.1 Å². The summed E-state index contributed by atoms with van der Waals surface area (Å²) in [5, 5.41) is 0. The Balaban J connectivity index is 1.53. The zero-order chi connectivity index (χ0) is 16.5. The summed E-state index contributed by atoms with van der Waals surface area (Å²) in [6.07, 6.45) is 1.86. The zero-order valence-corrected chi connectivity index (χ0v) is 14.7. The lowest BCUT2D eigenvalue weighted by molar-refractivity contribution is -0.143. The fourth-order valence-corrected chi connectivity index (χ4v) is 4.67. The van der Waals surface area contributed by atoms with Crippen molar-refractivity contribution in [1.82, 2.24) is 9.62 Å². The molecule has 0 saturated carbocycles. The Morgan fingerprint density at radius 3 is 2.65 bits per heavy atom. The van der Waals surface area contributed by atoms with Gasteiger partial charge in [-0.15, -0.1) is 0 Å².